The fourth-order valence-electron chi connectivity index (χ4n) is 2.54. The molecule has 0 bridgehead atoms. The molecule has 1 heterocycles. The van der Waals surface area contributed by atoms with E-state index in [1.807, 2.05) is 0 Å². The topological polar surface area (TPSA) is 47.6 Å². The van der Waals surface area contributed by atoms with Crippen LogP contribution in [-0.2, 0) is 6.42 Å². The van der Waals surface area contributed by atoms with Crippen LogP contribution in [0.15, 0.2) is 42.5 Å². The van der Waals surface area contributed by atoms with Crippen molar-refractivity contribution in [2.75, 3.05) is 19.8 Å². The molecular formula is C19H21NO3. The Bertz CT molecular complexity index is 680. The largest absolute Gasteiger partial charge is 0.486 e. The molecule has 2 aromatic carbocycles. The third kappa shape index (κ3) is 4.03. The second kappa shape index (κ2) is 7.18. The molecule has 3 rings (SSSR count). The molecule has 1 aliphatic rings. The number of carbonyl (C=O) groups is 1. The highest BCUT2D eigenvalue weighted by Crippen LogP contribution is 2.30. The Kier molecular flexibility index (Phi) is 4.81. The van der Waals surface area contributed by atoms with Crippen molar-refractivity contribution in [1.29, 1.82) is 0 Å². The molecule has 0 radical (unpaired) electrons. The number of ether oxygens (including phenoxy) is 2. The van der Waals surface area contributed by atoms with Crippen molar-refractivity contribution < 1.29 is 14.3 Å². The quantitative estimate of drug-likeness (QED) is 0.863. The van der Waals surface area contributed by atoms with E-state index >= 15 is 0 Å². The van der Waals surface area contributed by atoms with E-state index < -0.39 is 0 Å². The van der Waals surface area contributed by atoms with Gasteiger partial charge in [-0.2, -0.15) is 0 Å². The lowest BCUT2D eigenvalue weighted by molar-refractivity contribution is 0.0952. The molecule has 0 unspecified atom stereocenters. The van der Waals surface area contributed by atoms with Crippen LogP contribution in [0, 0.1) is 6.92 Å². The van der Waals surface area contributed by atoms with Crippen LogP contribution in [0.5, 0.6) is 11.5 Å². The molecule has 0 aliphatic carbocycles. The molecule has 4 nitrogen and oxygen atoms in total. The normalized spacial score (nSPS) is 12.7. The molecule has 1 aliphatic heterocycles. The van der Waals surface area contributed by atoms with Crippen molar-refractivity contribution in [3.05, 3.63) is 59.2 Å². The molecule has 0 saturated heterocycles. The molecule has 1 amide bonds. The smallest absolute Gasteiger partial charge is 0.251 e. The van der Waals surface area contributed by atoms with Crippen LogP contribution in [0.1, 0.15) is 27.9 Å². The minimum Gasteiger partial charge on any atom is -0.486 e. The molecule has 0 saturated carbocycles. The summed E-state index contributed by atoms with van der Waals surface area (Å²) in [4.78, 5) is 12.2. The summed E-state index contributed by atoms with van der Waals surface area (Å²) >= 11 is 0. The predicted molar refractivity (Wildman–Crippen MR) is 89.3 cm³/mol. The van der Waals surface area contributed by atoms with Gasteiger partial charge < -0.3 is 14.8 Å². The lowest BCUT2D eigenvalue weighted by Crippen LogP contribution is -2.25. The summed E-state index contributed by atoms with van der Waals surface area (Å²) in [5, 5.41) is 2.95. The number of benzene rings is 2. The molecule has 0 atom stereocenters. The number of rotatable bonds is 5. The molecule has 0 fully saturated rings. The first-order chi connectivity index (χ1) is 11.2. The van der Waals surface area contributed by atoms with Gasteiger partial charge in [0.2, 0.25) is 0 Å². The van der Waals surface area contributed by atoms with Gasteiger partial charge in [0.05, 0.1) is 0 Å². The van der Waals surface area contributed by atoms with E-state index in [0.29, 0.717) is 36.8 Å². The number of nitrogens with one attached hydrogen (secondary N) is 1. The van der Waals surface area contributed by atoms with Crippen molar-refractivity contribution in [2.24, 2.45) is 0 Å². The number of fused-ring (bicyclic) bond motifs is 1. The van der Waals surface area contributed by atoms with Crippen molar-refractivity contribution in [1.82, 2.24) is 5.32 Å². The van der Waals surface area contributed by atoms with Crippen LogP contribution in [0.4, 0.5) is 0 Å². The second-order valence-electron chi connectivity index (χ2n) is 5.70. The highest BCUT2D eigenvalue weighted by atomic mass is 16.6. The summed E-state index contributed by atoms with van der Waals surface area (Å²) in [5.74, 6) is 1.27. The Morgan fingerprint density at radius 2 is 1.78 bits per heavy atom. The van der Waals surface area contributed by atoms with E-state index in [4.69, 9.17) is 9.47 Å². The minimum atomic E-state index is -0.0779. The van der Waals surface area contributed by atoms with Gasteiger partial charge in [-0.15, -0.1) is 0 Å². The first-order valence-electron chi connectivity index (χ1n) is 7.96. The summed E-state index contributed by atoms with van der Waals surface area (Å²) in [7, 11) is 0. The molecule has 4 heteroatoms. The van der Waals surface area contributed by atoms with E-state index in [1.54, 1.807) is 18.2 Å². The fraction of sp³-hybridized carbons (Fsp3) is 0.316. The molecule has 1 N–H and O–H groups in total. The highest BCUT2D eigenvalue weighted by molar-refractivity contribution is 5.94. The van der Waals surface area contributed by atoms with E-state index in [9.17, 15) is 4.79 Å². The van der Waals surface area contributed by atoms with Crippen LogP contribution >= 0.6 is 0 Å². The lowest BCUT2D eigenvalue weighted by Gasteiger charge is -2.18. The SMILES string of the molecule is Cc1ccc(CCCNC(=O)c2ccc3c(c2)OCCO3)cc1. The zero-order chi connectivity index (χ0) is 16.1. The Morgan fingerprint density at radius 1 is 1.04 bits per heavy atom. The van der Waals surface area contributed by atoms with Crippen LogP contribution in [0.2, 0.25) is 0 Å². The van der Waals surface area contributed by atoms with Crippen LogP contribution in [0.25, 0.3) is 0 Å². The Hall–Kier alpha value is -2.49. The molecule has 23 heavy (non-hydrogen) atoms. The van der Waals surface area contributed by atoms with Gasteiger partial charge in [-0.3, -0.25) is 4.79 Å². The summed E-state index contributed by atoms with van der Waals surface area (Å²) in [6.07, 6.45) is 1.88. The number of carbonyl (C=O) groups excluding carboxylic acids is 1. The highest BCUT2D eigenvalue weighted by Gasteiger charge is 2.14. The van der Waals surface area contributed by atoms with Gasteiger partial charge in [-0.25, -0.2) is 0 Å². The number of hydrogen-bond donors (Lipinski definition) is 1. The summed E-state index contributed by atoms with van der Waals surface area (Å²) in [5.41, 5.74) is 3.16. The number of hydrogen-bond acceptors (Lipinski definition) is 3. The van der Waals surface area contributed by atoms with E-state index in [0.717, 1.165) is 12.8 Å². The van der Waals surface area contributed by atoms with Crippen molar-refractivity contribution >= 4 is 5.91 Å². The van der Waals surface area contributed by atoms with Gasteiger partial charge in [0.25, 0.3) is 5.91 Å². The molecule has 120 valence electrons. The Morgan fingerprint density at radius 3 is 2.57 bits per heavy atom. The number of amides is 1. The average Bonchev–Trinajstić information content (AvgIpc) is 2.59. The maximum atomic E-state index is 12.2. The average molecular weight is 311 g/mol. The Balaban J connectivity index is 1.48. The van der Waals surface area contributed by atoms with Gasteiger partial charge in [0.1, 0.15) is 13.2 Å². The lowest BCUT2D eigenvalue weighted by atomic mass is 10.1. The summed E-state index contributed by atoms with van der Waals surface area (Å²) in [6, 6.07) is 13.8. The minimum absolute atomic E-state index is 0.0779. The van der Waals surface area contributed by atoms with Crippen LogP contribution in [0.3, 0.4) is 0 Å². The molecular weight excluding hydrogens is 290 g/mol. The van der Waals surface area contributed by atoms with Crippen molar-refractivity contribution in [3.8, 4) is 11.5 Å². The molecule has 0 aromatic heterocycles. The van der Waals surface area contributed by atoms with E-state index in [-0.39, 0.29) is 5.91 Å². The fourth-order valence-corrected chi connectivity index (χ4v) is 2.54. The molecule has 0 spiro atoms. The van der Waals surface area contributed by atoms with Gasteiger partial charge in [0.15, 0.2) is 11.5 Å². The summed E-state index contributed by atoms with van der Waals surface area (Å²) in [6.45, 7) is 3.81. The third-order valence-electron chi connectivity index (χ3n) is 3.85. The maximum absolute atomic E-state index is 12.2. The van der Waals surface area contributed by atoms with E-state index in [2.05, 4.69) is 36.5 Å². The van der Waals surface area contributed by atoms with Crippen LogP contribution < -0.4 is 14.8 Å². The first-order valence-corrected chi connectivity index (χ1v) is 7.96. The van der Waals surface area contributed by atoms with Crippen molar-refractivity contribution in [2.45, 2.75) is 19.8 Å². The van der Waals surface area contributed by atoms with Gasteiger partial charge >= 0.3 is 0 Å². The standard InChI is InChI=1S/C19H21NO3/c1-14-4-6-15(7-5-14)3-2-10-20-19(21)16-8-9-17-18(13-16)23-12-11-22-17/h4-9,13H,2-3,10-12H2,1H3,(H,20,21). The Labute approximate surface area is 136 Å². The zero-order valence-corrected chi connectivity index (χ0v) is 13.3. The monoisotopic (exact) mass is 311 g/mol. The van der Waals surface area contributed by atoms with Crippen LogP contribution in [-0.4, -0.2) is 25.7 Å². The third-order valence-corrected chi connectivity index (χ3v) is 3.85. The number of aryl methyl sites for hydroxylation is 2. The predicted octanol–water partition coefficient (Wildman–Crippen LogP) is 3.13. The van der Waals surface area contributed by atoms with Crippen molar-refractivity contribution in [3.63, 3.8) is 0 Å². The van der Waals surface area contributed by atoms with Gasteiger partial charge in [-0.1, -0.05) is 29.8 Å². The summed E-state index contributed by atoms with van der Waals surface area (Å²) < 4.78 is 11.0. The maximum Gasteiger partial charge on any atom is 0.251 e. The van der Waals surface area contributed by atoms with Gasteiger partial charge in [0, 0.05) is 12.1 Å². The molecule has 2 aromatic rings. The zero-order valence-electron chi connectivity index (χ0n) is 13.3. The van der Waals surface area contributed by atoms with Gasteiger partial charge in [-0.05, 0) is 43.5 Å². The second-order valence-corrected chi connectivity index (χ2v) is 5.70. The first kappa shape index (κ1) is 15.4. The van der Waals surface area contributed by atoms with E-state index in [1.165, 1.54) is 11.1 Å².